The van der Waals surface area contributed by atoms with Crippen molar-refractivity contribution in [1.82, 2.24) is 4.90 Å². The molecular weight excluding hydrogens is 281 g/mol. The van der Waals surface area contributed by atoms with Crippen molar-refractivity contribution in [1.29, 1.82) is 0 Å². The fourth-order valence-corrected chi connectivity index (χ4v) is 2.80. The molecule has 1 aliphatic rings. The van der Waals surface area contributed by atoms with E-state index < -0.39 is 6.17 Å². The molecule has 1 nitrogen and oxygen atoms in total. The van der Waals surface area contributed by atoms with E-state index in [9.17, 15) is 4.39 Å². The van der Waals surface area contributed by atoms with Gasteiger partial charge in [0.15, 0.2) is 0 Å². The first-order valence-electron chi connectivity index (χ1n) is 6.27. The minimum absolute atomic E-state index is 0.590. The van der Waals surface area contributed by atoms with Crippen LogP contribution < -0.4 is 0 Å². The number of hydrogen-bond donors (Lipinski definition) is 0. The van der Waals surface area contributed by atoms with Gasteiger partial charge in [-0.3, -0.25) is 0 Å². The van der Waals surface area contributed by atoms with Crippen molar-refractivity contribution in [3.63, 3.8) is 0 Å². The third kappa shape index (κ3) is 3.78. The Labute approximate surface area is 111 Å². The molecule has 1 unspecified atom stereocenters. The van der Waals surface area contributed by atoms with Crippen molar-refractivity contribution in [2.45, 2.75) is 31.9 Å². The SMILES string of the molecule is CC(F)CN1CCC(c2ccc(Br)cc2)CC1. The Morgan fingerprint density at radius 1 is 1.29 bits per heavy atom. The van der Waals surface area contributed by atoms with Crippen LogP contribution in [0.3, 0.4) is 0 Å². The number of nitrogens with zero attached hydrogens (tertiary/aromatic N) is 1. The van der Waals surface area contributed by atoms with Crippen LogP contribution in [0, 0.1) is 0 Å². The summed E-state index contributed by atoms with van der Waals surface area (Å²) in [5.74, 6) is 0.647. The number of benzene rings is 1. The van der Waals surface area contributed by atoms with E-state index in [4.69, 9.17) is 0 Å². The van der Waals surface area contributed by atoms with Crippen LogP contribution in [0.2, 0.25) is 0 Å². The predicted molar refractivity (Wildman–Crippen MR) is 73.1 cm³/mol. The smallest absolute Gasteiger partial charge is 0.110 e. The standard InChI is InChI=1S/C14H19BrFN/c1-11(16)10-17-8-6-13(7-9-17)12-2-4-14(15)5-3-12/h2-5,11,13H,6-10H2,1H3. The van der Waals surface area contributed by atoms with Crippen LogP contribution in [0.25, 0.3) is 0 Å². The number of likely N-dealkylation sites (tertiary alicyclic amines) is 1. The molecule has 94 valence electrons. The quantitative estimate of drug-likeness (QED) is 0.816. The molecule has 1 atom stereocenters. The van der Waals surface area contributed by atoms with E-state index in [1.165, 1.54) is 5.56 Å². The Morgan fingerprint density at radius 2 is 1.88 bits per heavy atom. The van der Waals surface area contributed by atoms with Gasteiger partial charge >= 0.3 is 0 Å². The third-order valence-electron chi connectivity index (χ3n) is 3.44. The highest BCUT2D eigenvalue weighted by Gasteiger charge is 2.21. The molecule has 0 bridgehead atoms. The zero-order chi connectivity index (χ0) is 12.3. The van der Waals surface area contributed by atoms with E-state index in [1.54, 1.807) is 6.92 Å². The van der Waals surface area contributed by atoms with E-state index >= 15 is 0 Å². The molecule has 0 aliphatic carbocycles. The van der Waals surface area contributed by atoms with Crippen molar-refractivity contribution in [2.24, 2.45) is 0 Å². The molecule has 1 aromatic carbocycles. The lowest BCUT2D eigenvalue weighted by Gasteiger charge is -2.32. The molecule has 1 aliphatic heterocycles. The monoisotopic (exact) mass is 299 g/mol. The van der Waals surface area contributed by atoms with E-state index in [0.717, 1.165) is 30.4 Å². The summed E-state index contributed by atoms with van der Waals surface area (Å²) in [5, 5.41) is 0. The van der Waals surface area contributed by atoms with E-state index in [-0.39, 0.29) is 0 Å². The van der Waals surface area contributed by atoms with Crippen LogP contribution in [0.4, 0.5) is 4.39 Å². The average molecular weight is 300 g/mol. The van der Waals surface area contributed by atoms with E-state index in [0.29, 0.717) is 12.5 Å². The Kier molecular flexibility index (Phi) is 4.57. The molecule has 0 spiro atoms. The van der Waals surface area contributed by atoms with E-state index in [1.807, 2.05) is 0 Å². The van der Waals surface area contributed by atoms with Crippen LogP contribution in [0.1, 0.15) is 31.2 Å². The summed E-state index contributed by atoms with van der Waals surface area (Å²) in [6.45, 7) is 4.28. The van der Waals surface area contributed by atoms with Crippen molar-refractivity contribution in [2.75, 3.05) is 19.6 Å². The van der Waals surface area contributed by atoms with Gasteiger partial charge in [0.2, 0.25) is 0 Å². The van der Waals surface area contributed by atoms with Crippen LogP contribution in [0.5, 0.6) is 0 Å². The van der Waals surface area contributed by atoms with Gasteiger partial charge in [-0.25, -0.2) is 4.39 Å². The van der Waals surface area contributed by atoms with Crippen molar-refractivity contribution >= 4 is 15.9 Å². The second kappa shape index (κ2) is 5.96. The molecule has 3 heteroatoms. The van der Waals surface area contributed by atoms with Gasteiger partial charge < -0.3 is 4.90 Å². The minimum Gasteiger partial charge on any atom is -0.300 e. The molecule has 1 fully saturated rings. The molecule has 0 saturated carbocycles. The zero-order valence-electron chi connectivity index (χ0n) is 10.2. The Bertz CT molecular complexity index is 342. The molecule has 1 aromatic rings. The second-order valence-electron chi connectivity index (χ2n) is 4.91. The average Bonchev–Trinajstić information content (AvgIpc) is 2.30. The summed E-state index contributed by atoms with van der Waals surface area (Å²) in [7, 11) is 0. The fraction of sp³-hybridized carbons (Fsp3) is 0.571. The van der Waals surface area contributed by atoms with Crippen molar-refractivity contribution < 1.29 is 4.39 Å². The number of hydrogen-bond acceptors (Lipinski definition) is 1. The molecular formula is C14H19BrFN. The Balaban J connectivity index is 1.88. The van der Waals surface area contributed by atoms with Crippen molar-refractivity contribution in [3.05, 3.63) is 34.3 Å². The largest absolute Gasteiger partial charge is 0.300 e. The maximum Gasteiger partial charge on any atom is 0.110 e. The highest BCUT2D eigenvalue weighted by Crippen LogP contribution is 2.28. The van der Waals surface area contributed by atoms with Gasteiger partial charge in [0.1, 0.15) is 6.17 Å². The summed E-state index contributed by atoms with van der Waals surface area (Å²) in [6, 6.07) is 8.60. The zero-order valence-corrected chi connectivity index (χ0v) is 11.8. The highest BCUT2D eigenvalue weighted by molar-refractivity contribution is 9.10. The maximum absolute atomic E-state index is 12.9. The van der Waals surface area contributed by atoms with Gasteiger partial charge in [0.25, 0.3) is 0 Å². The maximum atomic E-state index is 12.9. The van der Waals surface area contributed by atoms with Crippen molar-refractivity contribution in [3.8, 4) is 0 Å². The van der Waals surface area contributed by atoms with Crippen LogP contribution in [0.15, 0.2) is 28.7 Å². The number of piperidine rings is 1. The van der Waals surface area contributed by atoms with Gasteiger partial charge in [-0.15, -0.1) is 0 Å². The van der Waals surface area contributed by atoms with Gasteiger partial charge in [0, 0.05) is 11.0 Å². The molecule has 0 aromatic heterocycles. The van der Waals surface area contributed by atoms with Gasteiger partial charge in [0.05, 0.1) is 0 Å². The van der Waals surface area contributed by atoms with E-state index in [2.05, 4.69) is 45.1 Å². The second-order valence-corrected chi connectivity index (χ2v) is 5.82. The summed E-state index contributed by atoms with van der Waals surface area (Å²) >= 11 is 3.46. The van der Waals surface area contributed by atoms with Gasteiger partial charge in [-0.05, 0) is 56.5 Å². The Hall–Kier alpha value is -0.410. The molecule has 0 radical (unpaired) electrons. The normalized spacial score (nSPS) is 20.4. The molecule has 1 saturated heterocycles. The number of alkyl halides is 1. The number of rotatable bonds is 3. The molecule has 0 N–H and O–H groups in total. The first kappa shape index (κ1) is 13.0. The van der Waals surface area contributed by atoms with Gasteiger partial charge in [-0.2, -0.15) is 0 Å². The Morgan fingerprint density at radius 3 is 2.41 bits per heavy atom. The predicted octanol–water partition coefficient (Wildman–Crippen LogP) is 3.99. The van der Waals surface area contributed by atoms with Gasteiger partial charge in [-0.1, -0.05) is 28.1 Å². The summed E-state index contributed by atoms with van der Waals surface area (Å²) in [5.41, 5.74) is 1.42. The first-order valence-corrected chi connectivity index (χ1v) is 7.06. The van der Waals surface area contributed by atoms with Crippen LogP contribution in [-0.4, -0.2) is 30.7 Å². The first-order chi connectivity index (χ1) is 8.15. The fourth-order valence-electron chi connectivity index (χ4n) is 2.54. The van der Waals surface area contributed by atoms with Crippen LogP contribution in [-0.2, 0) is 0 Å². The lowest BCUT2D eigenvalue weighted by Crippen LogP contribution is -2.36. The lowest BCUT2D eigenvalue weighted by molar-refractivity contribution is 0.165. The molecule has 2 rings (SSSR count). The highest BCUT2D eigenvalue weighted by atomic mass is 79.9. The summed E-state index contributed by atoms with van der Waals surface area (Å²) in [6.07, 6.45) is 1.59. The third-order valence-corrected chi connectivity index (χ3v) is 3.97. The molecule has 0 amide bonds. The topological polar surface area (TPSA) is 3.24 Å². The minimum atomic E-state index is -0.709. The molecule has 1 heterocycles. The lowest BCUT2D eigenvalue weighted by atomic mass is 9.89. The number of halogens is 2. The van der Waals surface area contributed by atoms with Crippen LogP contribution >= 0.6 is 15.9 Å². The summed E-state index contributed by atoms with van der Waals surface area (Å²) < 4.78 is 14.0. The summed E-state index contributed by atoms with van der Waals surface area (Å²) in [4.78, 5) is 2.24. The molecule has 17 heavy (non-hydrogen) atoms.